The number of hydrogen-bond acceptors (Lipinski definition) is 8. The van der Waals surface area contributed by atoms with E-state index in [1.807, 2.05) is 10.8 Å². The molecule has 0 radical (unpaired) electrons. The minimum Gasteiger partial charge on any atom is -0.464 e. The number of pyridine rings is 1. The van der Waals surface area contributed by atoms with Gasteiger partial charge in [0.15, 0.2) is 11.5 Å². The van der Waals surface area contributed by atoms with Crippen LogP contribution in [0.2, 0.25) is 0 Å². The number of carbonyl (C=O) groups is 2. The normalized spacial score (nSPS) is 14.3. The van der Waals surface area contributed by atoms with Crippen molar-refractivity contribution in [1.82, 2.24) is 23.9 Å². The first-order valence-electron chi connectivity index (χ1n) is 10.6. The summed E-state index contributed by atoms with van der Waals surface area (Å²) in [6, 6.07) is 3.53. The lowest BCUT2D eigenvalue weighted by Crippen LogP contribution is -2.40. The summed E-state index contributed by atoms with van der Waals surface area (Å²) in [6.45, 7) is 5.94. The largest absolute Gasteiger partial charge is 0.464 e. The Labute approximate surface area is 193 Å². The highest BCUT2D eigenvalue weighted by atomic mass is 16.6. The number of rotatable bonds is 3. The summed E-state index contributed by atoms with van der Waals surface area (Å²) in [5.41, 5.74) is 7.96. The number of imide groups is 1. The first-order valence-corrected chi connectivity index (χ1v) is 10.6. The summed E-state index contributed by atoms with van der Waals surface area (Å²) in [5, 5.41) is 10.3. The molecule has 1 saturated heterocycles. The van der Waals surface area contributed by atoms with Crippen molar-refractivity contribution in [3.63, 3.8) is 0 Å². The fourth-order valence-electron chi connectivity index (χ4n) is 3.91. The molecule has 5 heterocycles. The maximum Gasteiger partial charge on any atom is 0.425 e. The Balaban J connectivity index is 1.79. The molecule has 1 aliphatic rings. The van der Waals surface area contributed by atoms with E-state index in [4.69, 9.17) is 15.2 Å². The second kappa shape index (κ2) is 7.70. The van der Waals surface area contributed by atoms with Gasteiger partial charge in [-0.3, -0.25) is 4.40 Å². The van der Waals surface area contributed by atoms with Crippen LogP contribution in [0.1, 0.15) is 26.8 Å². The summed E-state index contributed by atoms with van der Waals surface area (Å²) in [6.07, 6.45) is 3.88. The predicted molar refractivity (Wildman–Crippen MR) is 123 cm³/mol. The molecule has 0 spiro atoms. The molecule has 0 atom stereocenters. The molecule has 5 rings (SSSR count). The third-order valence-corrected chi connectivity index (χ3v) is 5.44. The number of nitrogens with two attached hydrogens (primary N) is 1. The predicted octanol–water partition coefficient (Wildman–Crippen LogP) is 3.32. The van der Waals surface area contributed by atoms with Crippen molar-refractivity contribution in [1.29, 1.82) is 0 Å². The van der Waals surface area contributed by atoms with Crippen LogP contribution in [0.25, 0.3) is 27.9 Å². The number of aromatic nitrogens is 5. The van der Waals surface area contributed by atoms with Gasteiger partial charge in [0.2, 0.25) is 0 Å². The van der Waals surface area contributed by atoms with Gasteiger partial charge in [-0.05, 0) is 32.9 Å². The SMILES string of the molecule is CC(C)(C)OC(=O)N(C(=O)O)c1ncnc2c1c(-c1ccc(N)c3nccn13)cn2C1COC1. The molecule has 0 aliphatic carbocycles. The van der Waals surface area contributed by atoms with Crippen LogP contribution < -0.4 is 10.6 Å². The monoisotopic (exact) mass is 465 g/mol. The summed E-state index contributed by atoms with van der Waals surface area (Å²) >= 11 is 0. The van der Waals surface area contributed by atoms with Crippen molar-refractivity contribution in [2.24, 2.45) is 0 Å². The minimum atomic E-state index is -1.52. The average Bonchev–Trinajstić information content (AvgIpc) is 3.33. The highest BCUT2D eigenvalue weighted by molar-refractivity contribution is 6.15. The van der Waals surface area contributed by atoms with E-state index in [2.05, 4.69) is 15.0 Å². The van der Waals surface area contributed by atoms with E-state index >= 15 is 0 Å². The van der Waals surface area contributed by atoms with Gasteiger partial charge in [0.05, 0.1) is 36.0 Å². The summed E-state index contributed by atoms with van der Waals surface area (Å²) in [7, 11) is 0. The molecule has 0 aromatic carbocycles. The molecular weight excluding hydrogens is 442 g/mol. The molecule has 176 valence electrons. The van der Waals surface area contributed by atoms with Crippen molar-refractivity contribution in [2.75, 3.05) is 23.8 Å². The number of fused-ring (bicyclic) bond motifs is 2. The highest BCUT2D eigenvalue weighted by Crippen LogP contribution is 2.39. The molecule has 1 aliphatic heterocycles. The molecule has 4 aromatic rings. The topological polar surface area (TPSA) is 150 Å². The number of ether oxygens (including phenoxy) is 2. The number of carbonyl (C=O) groups excluding carboxylic acids is 1. The fourth-order valence-corrected chi connectivity index (χ4v) is 3.91. The second-order valence-electron chi connectivity index (χ2n) is 8.93. The zero-order valence-corrected chi connectivity index (χ0v) is 18.8. The van der Waals surface area contributed by atoms with Gasteiger partial charge in [-0.1, -0.05) is 0 Å². The molecule has 12 heteroatoms. The summed E-state index contributed by atoms with van der Waals surface area (Å²) in [4.78, 5) is 38.6. The number of nitrogens with zero attached hydrogens (tertiary/aromatic N) is 6. The van der Waals surface area contributed by atoms with Crippen LogP contribution in [0.4, 0.5) is 21.1 Å². The lowest BCUT2D eigenvalue weighted by atomic mass is 10.1. The van der Waals surface area contributed by atoms with Crippen LogP contribution in [0.15, 0.2) is 37.1 Å². The van der Waals surface area contributed by atoms with Gasteiger partial charge in [-0.15, -0.1) is 0 Å². The molecule has 0 saturated carbocycles. The Bertz CT molecular complexity index is 1430. The Kier molecular flexibility index (Phi) is 4.90. The molecule has 2 amide bonds. The fraction of sp³-hybridized carbons (Fsp3) is 0.318. The van der Waals surface area contributed by atoms with Crippen molar-refractivity contribution >= 4 is 40.4 Å². The number of amides is 2. The molecule has 0 bridgehead atoms. The van der Waals surface area contributed by atoms with Crippen LogP contribution in [0.3, 0.4) is 0 Å². The van der Waals surface area contributed by atoms with Crippen molar-refractivity contribution in [2.45, 2.75) is 32.4 Å². The van der Waals surface area contributed by atoms with Gasteiger partial charge in [-0.2, -0.15) is 4.90 Å². The smallest absolute Gasteiger partial charge is 0.425 e. The van der Waals surface area contributed by atoms with Gasteiger partial charge in [-0.25, -0.2) is 24.5 Å². The third-order valence-electron chi connectivity index (χ3n) is 5.44. The molecule has 34 heavy (non-hydrogen) atoms. The third kappa shape index (κ3) is 3.48. The quantitative estimate of drug-likeness (QED) is 0.464. The van der Waals surface area contributed by atoms with Gasteiger partial charge in [0.25, 0.3) is 0 Å². The van der Waals surface area contributed by atoms with E-state index in [-0.39, 0.29) is 11.9 Å². The number of hydrogen-bond donors (Lipinski definition) is 2. The van der Waals surface area contributed by atoms with E-state index in [9.17, 15) is 14.7 Å². The Hall–Kier alpha value is -4.19. The van der Waals surface area contributed by atoms with Crippen molar-refractivity contribution in [3.8, 4) is 11.3 Å². The summed E-state index contributed by atoms with van der Waals surface area (Å²) in [5.74, 6) is -0.106. The zero-order chi connectivity index (χ0) is 24.2. The first-order chi connectivity index (χ1) is 16.2. The van der Waals surface area contributed by atoms with Crippen LogP contribution in [-0.4, -0.2) is 60.0 Å². The Morgan fingerprint density at radius 1 is 1.21 bits per heavy atom. The zero-order valence-electron chi connectivity index (χ0n) is 18.8. The standard InChI is InChI=1S/C22H23N7O5/c1-22(2,3)34-21(32)29(20(30)31)19-16-13(15-5-4-14(23)17-24-6-7-27(15)17)8-28(12-9-33-10-12)18(16)25-11-26-19/h4-8,11-12H,9-10,23H2,1-3H3,(H,30,31). The molecule has 12 nitrogen and oxygen atoms in total. The average molecular weight is 465 g/mol. The molecular formula is C22H23N7O5. The molecule has 1 fully saturated rings. The lowest BCUT2D eigenvalue weighted by molar-refractivity contribution is -0.0215. The minimum absolute atomic E-state index is 0.00543. The van der Waals surface area contributed by atoms with Gasteiger partial charge < -0.3 is 24.9 Å². The van der Waals surface area contributed by atoms with Crippen LogP contribution in [-0.2, 0) is 9.47 Å². The maximum atomic E-state index is 12.9. The van der Waals surface area contributed by atoms with Crippen LogP contribution >= 0.6 is 0 Å². The Morgan fingerprint density at radius 3 is 2.62 bits per heavy atom. The van der Waals surface area contributed by atoms with E-state index in [1.165, 1.54) is 6.33 Å². The first kappa shape index (κ1) is 21.6. The second-order valence-corrected chi connectivity index (χ2v) is 8.93. The molecule has 4 aromatic heterocycles. The highest BCUT2D eigenvalue weighted by Gasteiger charge is 2.34. The van der Waals surface area contributed by atoms with Crippen LogP contribution in [0.5, 0.6) is 0 Å². The van der Waals surface area contributed by atoms with Gasteiger partial charge in [0.1, 0.15) is 17.6 Å². The van der Waals surface area contributed by atoms with E-state index in [1.54, 1.807) is 49.7 Å². The van der Waals surface area contributed by atoms with E-state index in [0.29, 0.717) is 51.7 Å². The molecule has 0 unspecified atom stereocenters. The Morgan fingerprint density at radius 2 is 1.97 bits per heavy atom. The van der Waals surface area contributed by atoms with E-state index in [0.717, 1.165) is 0 Å². The van der Waals surface area contributed by atoms with Crippen LogP contribution in [0, 0.1) is 0 Å². The summed E-state index contributed by atoms with van der Waals surface area (Å²) < 4.78 is 14.4. The molecule has 3 N–H and O–H groups in total. The number of carboxylic acid groups (broad SMARTS) is 1. The van der Waals surface area contributed by atoms with Crippen molar-refractivity contribution < 1.29 is 24.2 Å². The van der Waals surface area contributed by atoms with Crippen molar-refractivity contribution in [3.05, 3.63) is 37.1 Å². The van der Waals surface area contributed by atoms with Gasteiger partial charge >= 0.3 is 12.2 Å². The maximum absolute atomic E-state index is 12.9. The number of imidazole rings is 1. The number of anilines is 2. The lowest BCUT2D eigenvalue weighted by Gasteiger charge is -2.28. The number of nitrogen functional groups attached to an aromatic ring is 1. The van der Waals surface area contributed by atoms with E-state index < -0.39 is 17.8 Å². The van der Waals surface area contributed by atoms with Gasteiger partial charge in [0, 0.05) is 24.2 Å².